The van der Waals surface area contributed by atoms with E-state index in [0.29, 0.717) is 6.04 Å². The molecule has 4 aliphatic carbocycles. The van der Waals surface area contributed by atoms with E-state index in [9.17, 15) is 5.11 Å². The van der Waals surface area contributed by atoms with Crippen molar-refractivity contribution in [2.24, 2.45) is 16.7 Å². The molecule has 3 saturated carbocycles. The molecule has 4 bridgehead atoms. The highest BCUT2D eigenvalue weighted by molar-refractivity contribution is 5.63. The lowest BCUT2D eigenvalue weighted by Gasteiger charge is -2.74. The molecule has 2 heterocycles. The van der Waals surface area contributed by atoms with E-state index >= 15 is 0 Å². The van der Waals surface area contributed by atoms with Crippen molar-refractivity contribution in [2.45, 2.75) is 88.6 Å². The van der Waals surface area contributed by atoms with Crippen LogP contribution in [-0.2, 0) is 16.6 Å². The van der Waals surface area contributed by atoms with Gasteiger partial charge in [-0.05, 0) is 62.6 Å². The van der Waals surface area contributed by atoms with Crippen LogP contribution in [0.25, 0.3) is 0 Å². The molecular weight excluding hydrogens is 390 g/mol. The molecule has 0 amide bonds. The third kappa shape index (κ3) is 1.98. The zero-order valence-corrected chi connectivity index (χ0v) is 19.8. The highest BCUT2D eigenvalue weighted by Gasteiger charge is 2.81. The molecule has 5 heteroatoms. The van der Waals surface area contributed by atoms with Crippen molar-refractivity contribution in [1.82, 2.24) is 5.32 Å². The number of nitrogens with one attached hydrogen (secondary N) is 1. The van der Waals surface area contributed by atoms with Crippen LogP contribution >= 0.6 is 0 Å². The van der Waals surface area contributed by atoms with E-state index < -0.39 is 11.2 Å². The fourth-order valence-corrected chi connectivity index (χ4v) is 8.68. The van der Waals surface area contributed by atoms with Gasteiger partial charge in [0.15, 0.2) is 11.5 Å². The summed E-state index contributed by atoms with van der Waals surface area (Å²) in [5.41, 5.74) is 1.13. The van der Waals surface area contributed by atoms with Crippen LogP contribution in [0, 0.1) is 16.7 Å². The van der Waals surface area contributed by atoms with Crippen molar-refractivity contribution in [2.75, 3.05) is 20.8 Å². The monoisotopic (exact) mass is 427 g/mol. The van der Waals surface area contributed by atoms with Gasteiger partial charge < -0.3 is 24.6 Å². The van der Waals surface area contributed by atoms with Gasteiger partial charge in [0.2, 0.25) is 0 Å². The molecule has 7 atom stereocenters. The number of fused-ring (bicyclic) bond motifs is 2. The van der Waals surface area contributed by atoms with Crippen LogP contribution in [0.3, 0.4) is 0 Å². The molecule has 7 rings (SSSR count). The fourth-order valence-electron chi connectivity index (χ4n) is 8.68. The average molecular weight is 428 g/mol. The second-order valence-electron chi connectivity index (χ2n) is 12.0. The molecule has 1 aromatic carbocycles. The lowest BCUT2D eigenvalue weighted by molar-refractivity contribution is -0.303. The summed E-state index contributed by atoms with van der Waals surface area (Å²) in [6.07, 6.45) is 4.99. The maximum absolute atomic E-state index is 12.0. The predicted octanol–water partition coefficient (Wildman–Crippen LogP) is 3.59. The van der Waals surface area contributed by atoms with Crippen molar-refractivity contribution in [1.29, 1.82) is 0 Å². The third-order valence-corrected chi connectivity index (χ3v) is 10.6. The Hall–Kier alpha value is -1.30. The summed E-state index contributed by atoms with van der Waals surface area (Å²) in [4.78, 5) is 0. The summed E-state index contributed by atoms with van der Waals surface area (Å²) < 4.78 is 19.3. The highest BCUT2D eigenvalue weighted by Crippen LogP contribution is 2.77. The SMILES string of the molecule is COc1ccc2c3c1O[C@H]1[C@]4(OC)CC[C@@]5(C[C@@H]4C(C)(O)C(C)(C)C)[C@@H](C2)NCC[C@]315. The minimum Gasteiger partial charge on any atom is -0.493 e. The second-order valence-corrected chi connectivity index (χ2v) is 12.0. The van der Waals surface area contributed by atoms with Gasteiger partial charge >= 0.3 is 0 Å². The molecule has 1 saturated heterocycles. The number of rotatable bonds is 3. The highest BCUT2D eigenvalue weighted by atomic mass is 16.6. The van der Waals surface area contributed by atoms with E-state index in [0.717, 1.165) is 50.1 Å². The first-order chi connectivity index (χ1) is 14.6. The number of benzene rings is 1. The lowest BCUT2D eigenvalue weighted by Crippen LogP contribution is -2.83. The molecule has 0 radical (unpaired) electrons. The van der Waals surface area contributed by atoms with Crippen LogP contribution in [0.5, 0.6) is 11.5 Å². The van der Waals surface area contributed by atoms with Crippen LogP contribution in [-0.4, -0.2) is 49.2 Å². The van der Waals surface area contributed by atoms with Gasteiger partial charge in [-0.15, -0.1) is 0 Å². The first kappa shape index (κ1) is 20.3. The van der Waals surface area contributed by atoms with Crippen molar-refractivity contribution >= 4 is 0 Å². The Morgan fingerprint density at radius 1 is 1.13 bits per heavy atom. The molecule has 4 fully saturated rings. The Bertz CT molecular complexity index is 951. The Morgan fingerprint density at radius 3 is 2.58 bits per heavy atom. The second kappa shape index (κ2) is 5.78. The fraction of sp³-hybridized carbons (Fsp3) is 0.769. The molecule has 0 aromatic heterocycles. The maximum atomic E-state index is 12.0. The predicted molar refractivity (Wildman–Crippen MR) is 119 cm³/mol. The van der Waals surface area contributed by atoms with Crippen molar-refractivity contribution in [3.63, 3.8) is 0 Å². The quantitative estimate of drug-likeness (QED) is 0.772. The first-order valence-corrected chi connectivity index (χ1v) is 12.0. The normalized spacial score (nSPS) is 43.8. The summed E-state index contributed by atoms with van der Waals surface area (Å²) in [5.74, 6) is 1.77. The molecule has 1 aromatic rings. The summed E-state index contributed by atoms with van der Waals surface area (Å²) in [6.45, 7) is 9.48. The number of piperidine rings is 1. The zero-order valence-electron chi connectivity index (χ0n) is 19.8. The Kier molecular flexibility index (Phi) is 3.79. The minimum absolute atomic E-state index is 0.00105. The topological polar surface area (TPSA) is 60.0 Å². The maximum Gasteiger partial charge on any atom is 0.165 e. The molecule has 170 valence electrons. The molecule has 2 N–H and O–H groups in total. The van der Waals surface area contributed by atoms with E-state index in [1.54, 1.807) is 7.11 Å². The van der Waals surface area contributed by atoms with Gasteiger partial charge in [-0.3, -0.25) is 0 Å². The van der Waals surface area contributed by atoms with E-state index in [4.69, 9.17) is 14.2 Å². The Balaban J connectivity index is 1.64. The van der Waals surface area contributed by atoms with Gasteiger partial charge in [-0.25, -0.2) is 0 Å². The van der Waals surface area contributed by atoms with Crippen LogP contribution in [0.4, 0.5) is 0 Å². The molecule has 2 spiro atoms. The van der Waals surface area contributed by atoms with Crippen molar-refractivity contribution in [3.05, 3.63) is 23.3 Å². The van der Waals surface area contributed by atoms with Crippen molar-refractivity contribution < 1.29 is 19.3 Å². The van der Waals surface area contributed by atoms with Gasteiger partial charge in [-0.1, -0.05) is 26.8 Å². The number of hydrogen-bond donors (Lipinski definition) is 2. The van der Waals surface area contributed by atoms with Crippen LogP contribution in [0.2, 0.25) is 0 Å². The third-order valence-electron chi connectivity index (χ3n) is 10.6. The Morgan fingerprint density at radius 2 is 1.90 bits per heavy atom. The van der Waals surface area contributed by atoms with Gasteiger partial charge in [0.05, 0.1) is 12.7 Å². The van der Waals surface area contributed by atoms with Crippen LogP contribution in [0.15, 0.2) is 12.1 Å². The van der Waals surface area contributed by atoms with Gasteiger partial charge in [0.1, 0.15) is 11.7 Å². The number of methoxy groups -OCH3 is 2. The summed E-state index contributed by atoms with van der Waals surface area (Å²) in [7, 11) is 3.57. The summed E-state index contributed by atoms with van der Waals surface area (Å²) in [6, 6.07) is 4.73. The molecule has 2 aliphatic heterocycles. The molecular formula is C26H37NO4. The minimum atomic E-state index is -0.880. The number of ether oxygens (including phenoxy) is 3. The first-order valence-electron chi connectivity index (χ1n) is 12.0. The zero-order chi connectivity index (χ0) is 22.0. The Labute approximate surface area is 185 Å². The average Bonchev–Trinajstić information content (AvgIpc) is 3.09. The number of hydrogen-bond acceptors (Lipinski definition) is 5. The van der Waals surface area contributed by atoms with E-state index in [-0.39, 0.29) is 28.3 Å². The summed E-state index contributed by atoms with van der Waals surface area (Å²) >= 11 is 0. The van der Waals surface area contributed by atoms with Gasteiger partial charge in [-0.2, -0.15) is 0 Å². The van der Waals surface area contributed by atoms with Gasteiger partial charge in [0.25, 0.3) is 0 Å². The molecule has 31 heavy (non-hydrogen) atoms. The van der Waals surface area contributed by atoms with Crippen molar-refractivity contribution in [3.8, 4) is 11.5 Å². The van der Waals surface area contributed by atoms with Crippen LogP contribution < -0.4 is 14.8 Å². The lowest BCUT2D eigenvalue weighted by atomic mass is 9.33. The standard InChI is InChI=1S/C26H37NO4/c1-22(2,3)23(4,28)17-14-24-9-10-26(17,30-6)21-25(24)11-12-27-18(24)13-15-7-8-16(29-5)20(31-21)19(15)25/h7-8,17-18,21,27-28H,9-14H2,1-6H3/t17-,18-,21-,23?,24-,25+,26+/m1/s1. The smallest absolute Gasteiger partial charge is 0.165 e. The largest absolute Gasteiger partial charge is 0.493 e. The van der Waals surface area contributed by atoms with E-state index in [2.05, 4.69) is 38.2 Å². The van der Waals surface area contributed by atoms with E-state index in [1.165, 1.54) is 11.1 Å². The molecule has 1 unspecified atom stereocenters. The van der Waals surface area contributed by atoms with Gasteiger partial charge in [0, 0.05) is 35.5 Å². The summed E-state index contributed by atoms with van der Waals surface area (Å²) in [5, 5.41) is 15.9. The molecule has 5 nitrogen and oxygen atoms in total. The number of aliphatic hydroxyl groups is 1. The van der Waals surface area contributed by atoms with Crippen LogP contribution in [0.1, 0.15) is 64.5 Å². The molecule has 6 aliphatic rings. The van der Waals surface area contributed by atoms with E-state index in [1.807, 2.05) is 14.0 Å².